The van der Waals surface area contributed by atoms with Crippen molar-refractivity contribution in [3.63, 3.8) is 0 Å². The maximum Gasteiger partial charge on any atom is 0.321 e. The van der Waals surface area contributed by atoms with Gasteiger partial charge in [0.05, 0.1) is 11.6 Å². The summed E-state index contributed by atoms with van der Waals surface area (Å²) in [6.07, 6.45) is 6.71. The summed E-state index contributed by atoms with van der Waals surface area (Å²) in [5.41, 5.74) is 2.69. The number of aromatic nitrogens is 2. The second-order valence-corrected chi connectivity index (χ2v) is 9.23. The first-order chi connectivity index (χ1) is 15.6. The first-order valence-electron chi connectivity index (χ1n) is 10.8. The Morgan fingerprint density at radius 1 is 1.12 bits per heavy atom. The van der Waals surface area contributed by atoms with Gasteiger partial charge in [0, 0.05) is 43.3 Å². The third-order valence-corrected chi connectivity index (χ3v) is 6.52. The van der Waals surface area contributed by atoms with E-state index in [0.29, 0.717) is 23.7 Å². The van der Waals surface area contributed by atoms with Gasteiger partial charge in [-0.15, -0.1) is 11.3 Å². The van der Waals surface area contributed by atoms with Gasteiger partial charge in [0.25, 0.3) is 0 Å². The van der Waals surface area contributed by atoms with E-state index < -0.39 is 0 Å². The molecular weight excluding hydrogens is 420 g/mol. The monoisotopic (exact) mass is 446 g/mol. The SMILES string of the molecule is CC1CCN(c2ccc(CNC(=O)Nc3ncc(Cc4ccc(C#N)cc4)s3)cn2)CC1. The number of anilines is 2. The molecule has 32 heavy (non-hydrogen) atoms. The molecule has 4 rings (SSSR count). The molecule has 0 radical (unpaired) electrons. The fourth-order valence-corrected chi connectivity index (χ4v) is 4.46. The number of urea groups is 1. The average Bonchev–Trinajstić information content (AvgIpc) is 3.25. The Morgan fingerprint density at radius 2 is 1.88 bits per heavy atom. The van der Waals surface area contributed by atoms with Crippen LogP contribution in [0.3, 0.4) is 0 Å². The van der Waals surface area contributed by atoms with E-state index >= 15 is 0 Å². The number of hydrogen-bond acceptors (Lipinski definition) is 6. The third kappa shape index (κ3) is 5.83. The smallest absolute Gasteiger partial charge is 0.321 e. The van der Waals surface area contributed by atoms with Crippen LogP contribution in [0.2, 0.25) is 0 Å². The molecule has 1 aliphatic rings. The largest absolute Gasteiger partial charge is 0.357 e. The highest BCUT2D eigenvalue weighted by molar-refractivity contribution is 7.15. The van der Waals surface area contributed by atoms with Crippen LogP contribution in [0.4, 0.5) is 15.7 Å². The molecule has 0 unspecified atom stereocenters. The molecule has 1 aliphatic heterocycles. The van der Waals surface area contributed by atoms with Crippen LogP contribution in [0.5, 0.6) is 0 Å². The molecule has 0 bridgehead atoms. The van der Waals surface area contributed by atoms with Crippen molar-refractivity contribution in [3.05, 3.63) is 70.4 Å². The Hall–Kier alpha value is -3.44. The number of benzene rings is 1. The molecule has 0 saturated carbocycles. The summed E-state index contributed by atoms with van der Waals surface area (Å²) in [7, 11) is 0. The van der Waals surface area contributed by atoms with Gasteiger partial charge in [0.1, 0.15) is 5.82 Å². The van der Waals surface area contributed by atoms with Crippen LogP contribution >= 0.6 is 11.3 Å². The summed E-state index contributed by atoms with van der Waals surface area (Å²) in [5, 5.41) is 15.1. The Balaban J connectivity index is 1.24. The van der Waals surface area contributed by atoms with E-state index in [1.807, 2.05) is 30.5 Å². The van der Waals surface area contributed by atoms with Crippen LogP contribution in [-0.4, -0.2) is 29.1 Å². The van der Waals surface area contributed by atoms with Crippen molar-refractivity contribution in [3.8, 4) is 6.07 Å². The molecule has 2 amide bonds. The Bertz CT molecular complexity index is 1080. The topological polar surface area (TPSA) is 93.9 Å². The first kappa shape index (κ1) is 21.8. The van der Waals surface area contributed by atoms with Crippen LogP contribution in [0, 0.1) is 17.2 Å². The standard InChI is InChI=1S/C24H26N6OS/c1-17-8-10-30(11-9-17)22-7-6-20(14-26-22)15-27-23(31)29-24-28-16-21(32-24)12-18-2-4-19(13-25)5-3-18/h2-7,14,16-17H,8-12,15H2,1H3,(H2,27,28,29,31). The van der Waals surface area contributed by atoms with Crippen LogP contribution in [0.1, 0.15) is 41.3 Å². The van der Waals surface area contributed by atoms with E-state index in [1.54, 1.807) is 18.3 Å². The van der Waals surface area contributed by atoms with Crippen LogP contribution in [0.15, 0.2) is 48.8 Å². The Kier molecular flexibility index (Phi) is 6.97. The Labute approximate surface area is 192 Å². The Morgan fingerprint density at radius 3 is 2.56 bits per heavy atom. The van der Waals surface area contributed by atoms with Crippen molar-refractivity contribution >= 4 is 28.3 Å². The molecule has 1 aromatic carbocycles. The lowest BCUT2D eigenvalue weighted by Crippen LogP contribution is -2.33. The van der Waals surface area contributed by atoms with Gasteiger partial charge in [0.2, 0.25) is 0 Å². The normalized spacial score (nSPS) is 14.1. The van der Waals surface area contributed by atoms with E-state index in [9.17, 15) is 4.79 Å². The van der Waals surface area contributed by atoms with Crippen LogP contribution in [-0.2, 0) is 13.0 Å². The molecule has 164 valence electrons. The lowest BCUT2D eigenvalue weighted by molar-refractivity contribution is 0.251. The van der Waals surface area contributed by atoms with Crippen molar-refractivity contribution in [2.75, 3.05) is 23.3 Å². The number of rotatable bonds is 6. The minimum Gasteiger partial charge on any atom is -0.357 e. The summed E-state index contributed by atoms with van der Waals surface area (Å²) in [5.74, 6) is 1.79. The highest BCUT2D eigenvalue weighted by atomic mass is 32.1. The van der Waals surface area contributed by atoms with Crippen LogP contribution in [0.25, 0.3) is 0 Å². The first-order valence-corrected chi connectivity index (χ1v) is 11.6. The number of nitrogens with zero attached hydrogens (tertiary/aromatic N) is 4. The van der Waals surface area contributed by atoms with Gasteiger partial charge in [-0.05, 0) is 48.1 Å². The molecule has 2 aromatic heterocycles. The molecule has 3 heterocycles. The predicted molar refractivity (Wildman–Crippen MR) is 127 cm³/mol. The second kappa shape index (κ2) is 10.2. The van der Waals surface area contributed by atoms with Crippen molar-refractivity contribution < 1.29 is 4.79 Å². The second-order valence-electron chi connectivity index (χ2n) is 8.12. The van der Waals surface area contributed by atoms with E-state index in [0.717, 1.165) is 40.8 Å². The van der Waals surface area contributed by atoms with Gasteiger partial charge in [0.15, 0.2) is 5.13 Å². The number of pyridine rings is 1. The van der Waals surface area contributed by atoms with Gasteiger partial charge >= 0.3 is 6.03 Å². The number of piperidine rings is 1. The van der Waals surface area contributed by atoms with Gasteiger partial charge < -0.3 is 10.2 Å². The number of thiazole rings is 1. The lowest BCUT2D eigenvalue weighted by atomic mass is 9.99. The van der Waals surface area contributed by atoms with E-state index in [2.05, 4.69) is 38.5 Å². The minimum absolute atomic E-state index is 0.293. The van der Waals surface area contributed by atoms with Gasteiger partial charge in [-0.1, -0.05) is 25.1 Å². The fourth-order valence-electron chi connectivity index (χ4n) is 3.61. The molecule has 0 atom stereocenters. The zero-order valence-corrected chi connectivity index (χ0v) is 18.9. The van der Waals surface area contributed by atoms with Crippen molar-refractivity contribution in [2.24, 2.45) is 5.92 Å². The maximum absolute atomic E-state index is 12.3. The number of nitrogens with one attached hydrogen (secondary N) is 2. The quantitative estimate of drug-likeness (QED) is 0.579. The van der Waals surface area contributed by atoms with E-state index in [-0.39, 0.29) is 6.03 Å². The molecule has 7 nitrogen and oxygen atoms in total. The predicted octanol–water partition coefficient (Wildman–Crippen LogP) is 4.56. The number of hydrogen-bond donors (Lipinski definition) is 2. The van der Waals surface area contributed by atoms with Crippen molar-refractivity contribution in [1.82, 2.24) is 15.3 Å². The highest BCUT2D eigenvalue weighted by Crippen LogP contribution is 2.22. The molecule has 0 spiro atoms. The molecule has 8 heteroatoms. The molecule has 0 aliphatic carbocycles. The summed E-state index contributed by atoms with van der Waals surface area (Å²) in [6, 6.07) is 13.3. The number of amides is 2. The van der Waals surface area contributed by atoms with Gasteiger partial charge in [-0.25, -0.2) is 14.8 Å². The zero-order valence-electron chi connectivity index (χ0n) is 18.0. The molecule has 1 fully saturated rings. The maximum atomic E-state index is 12.3. The summed E-state index contributed by atoms with van der Waals surface area (Å²) >= 11 is 1.44. The van der Waals surface area contributed by atoms with E-state index in [1.165, 1.54) is 24.2 Å². The van der Waals surface area contributed by atoms with Crippen LogP contribution < -0.4 is 15.5 Å². The number of carbonyl (C=O) groups excluding carboxylic acids is 1. The molecule has 2 N–H and O–H groups in total. The zero-order chi connectivity index (χ0) is 22.3. The summed E-state index contributed by atoms with van der Waals surface area (Å²) in [6.45, 7) is 4.80. The van der Waals surface area contributed by atoms with Gasteiger partial charge in [-0.2, -0.15) is 5.26 Å². The van der Waals surface area contributed by atoms with Crippen molar-refractivity contribution in [1.29, 1.82) is 5.26 Å². The summed E-state index contributed by atoms with van der Waals surface area (Å²) in [4.78, 5) is 24.5. The van der Waals surface area contributed by atoms with Crippen molar-refractivity contribution in [2.45, 2.75) is 32.7 Å². The lowest BCUT2D eigenvalue weighted by Gasteiger charge is -2.31. The molecular formula is C24H26N6OS. The molecule has 1 saturated heterocycles. The average molecular weight is 447 g/mol. The number of nitriles is 1. The fraction of sp³-hybridized carbons (Fsp3) is 0.333. The minimum atomic E-state index is -0.293. The highest BCUT2D eigenvalue weighted by Gasteiger charge is 2.16. The summed E-state index contributed by atoms with van der Waals surface area (Å²) < 4.78 is 0. The molecule has 3 aromatic rings. The third-order valence-electron chi connectivity index (χ3n) is 5.61. The van der Waals surface area contributed by atoms with E-state index in [4.69, 9.17) is 5.26 Å². The number of carbonyl (C=O) groups is 1. The van der Waals surface area contributed by atoms with Gasteiger partial charge in [-0.3, -0.25) is 5.32 Å².